The van der Waals surface area contributed by atoms with Gasteiger partial charge in [0.2, 0.25) is 0 Å². The molecule has 3 aromatic heterocycles. The zero-order valence-electron chi connectivity index (χ0n) is 13.0. The Balaban J connectivity index is 1.73. The predicted octanol–water partition coefficient (Wildman–Crippen LogP) is 5.47. The number of rotatable bonds is 2. The molecule has 4 rings (SSSR count). The lowest BCUT2D eigenvalue weighted by molar-refractivity contribution is -0.137. The second-order valence-electron chi connectivity index (χ2n) is 5.58. The maximum absolute atomic E-state index is 13.1. The fraction of sp³-hybridized carbons (Fsp3) is 0.0556. The molecule has 0 amide bonds. The monoisotopic (exact) mass is 418 g/mol. The average Bonchev–Trinajstić information content (AvgIpc) is 3.04. The van der Waals surface area contributed by atoms with E-state index in [1.54, 1.807) is 12.1 Å². The van der Waals surface area contributed by atoms with Crippen molar-refractivity contribution in [1.82, 2.24) is 19.9 Å². The van der Waals surface area contributed by atoms with E-state index in [1.165, 1.54) is 18.5 Å². The van der Waals surface area contributed by atoms with E-state index in [-0.39, 0.29) is 5.69 Å². The summed E-state index contributed by atoms with van der Waals surface area (Å²) < 4.78 is 40.4. The number of aromatic amines is 1. The molecule has 0 atom stereocenters. The van der Waals surface area contributed by atoms with Gasteiger partial charge in [0, 0.05) is 22.4 Å². The van der Waals surface area contributed by atoms with E-state index in [1.807, 2.05) is 18.2 Å². The summed E-state index contributed by atoms with van der Waals surface area (Å²) in [5.41, 5.74) is 1.50. The number of imidazole rings is 1. The van der Waals surface area contributed by atoms with E-state index in [4.69, 9.17) is 0 Å². The summed E-state index contributed by atoms with van der Waals surface area (Å²) in [5.74, 6) is 0.543. The van der Waals surface area contributed by atoms with E-state index < -0.39 is 11.7 Å². The minimum atomic E-state index is -4.48. The molecule has 0 saturated heterocycles. The van der Waals surface area contributed by atoms with Gasteiger partial charge in [0.15, 0.2) is 5.82 Å². The molecule has 4 aromatic rings. The van der Waals surface area contributed by atoms with Crippen LogP contribution in [0.4, 0.5) is 13.2 Å². The number of pyridine rings is 2. The van der Waals surface area contributed by atoms with Crippen LogP contribution in [0.15, 0.2) is 59.3 Å². The molecule has 3 heterocycles. The van der Waals surface area contributed by atoms with Crippen LogP contribution in [0.3, 0.4) is 0 Å². The third-order valence-electron chi connectivity index (χ3n) is 3.84. The summed E-state index contributed by atoms with van der Waals surface area (Å²) in [6.07, 6.45) is -1.78. The van der Waals surface area contributed by atoms with Crippen molar-refractivity contribution in [2.75, 3.05) is 0 Å². The fourth-order valence-electron chi connectivity index (χ4n) is 2.64. The van der Waals surface area contributed by atoms with Crippen LogP contribution in [0.2, 0.25) is 0 Å². The number of alkyl halides is 3. The molecule has 0 fully saturated rings. The fourth-order valence-corrected chi connectivity index (χ4v) is 3.00. The number of fused-ring (bicyclic) bond motifs is 1. The van der Waals surface area contributed by atoms with E-state index >= 15 is 0 Å². The molecular weight excluding hydrogens is 409 g/mol. The molecule has 4 nitrogen and oxygen atoms in total. The Labute approximate surface area is 154 Å². The quantitative estimate of drug-likeness (QED) is 0.469. The van der Waals surface area contributed by atoms with E-state index in [2.05, 4.69) is 35.9 Å². The highest BCUT2D eigenvalue weighted by Crippen LogP contribution is 2.35. The van der Waals surface area contributed by atoms with Gasteiger partial charge in [-0.05, 0) is 42.5 Å². The summed E-state index contributed by atoms with van der Waals surface area (Å²) in [4.78, 5) is 15.7. The number of benzene rings is 1. The maximum atomic E-state index is 13.1. The minimum Gasteiger partial charge on any atom is -0.337 e. The van der Waals surface area contributed by atoms with Crippen molar-refractivity contribution >= 4 is 27.0 Å². The number of nitrogens with one attached hydrogen (secondary N) is 1. The highest BCUT2D eigenvalue weighted by Gasteiger charge is 2.34. The SMILES string of the molecule is FC(F)(F)c1cccnc1-c1ccc(-c2nc3ccc(Br)cc3[nH]2)nc1. The summed E-state index contributed by atoms with van der Waals surface area (Å²) in [5, 5.41) is 0. The lowest BCUT2D eigenvalue weighted by Gasteiger charge is -2.11. The minimum absolute atomic E-state index is 0.146. The Bertz CT molecular complexity index is 1090. The van der Waals surface area contributed by atoms with E-state index in [0.29, 0.717) is 17.1 Å². The number of hydrogen-bond donors (Lipinski definition) is 1. The third-order valence-corrected chi connectivity index (χ3v) is 4.33. The molecule has 8 heteroatoms. The lowest BCUT2D eigenvalue weighted by atomic mass is 10.1. The number of nitrogens with zero attached hydrogens (tertiary/aromatic N) is 3. The third kappa shape index (κ3) is 3.08. The van der Waals surface area contributed by atoms with Gasteiger partial charge in [-0.25, -0.2) is 4.98 Å². The van der Waals surface area contributed by atoms with Gasteiger partial charge in [-0.1, -0.05) is 15.9 Å². The second kappa shape index (κ2) is 6.21. The largest absolute Gasteiger partial charge is 0.418 e. The normalized spacial score (nSPS) is 11.8. The van der Waals surface area contributed by atoms with Gasteiger partial charge in [-0.15, -0.1) is 0 Å². The molecule has 0 spiro atoms. The molecule has 0 saturated carbocycles. The smallest absolute Gasteiger partial charge is 0.337 e. The van der Waals surface area contributed by atoms with Crippen LogP contribution in [-0.2, 0) is 6.18 Å². The molecular formula is C18H10BrF3N4. The zero-order chi connectivity index (χ0) is 18.3. The van der Waals surface area contributed by atoms with Crippen LogP contribution in [-0.4, -0.2) is 19.9 Å². The van der Waals surface area contributed by atoms with Crippen LogP contribution >= 0.6 is 15.9 Å². The molecule has 130 valence electrons. The van der Waals surface area contributed by atoms with Gasteiger partial charge < -0.3 is 4.98 Å². The summed E-state index contributed by atoms with van der Waals surface area (Å²) in [6, 6.07) is 11.1. The Hall–Kier alpha value is -2.74. The molecule has 1 N–H and O–H groups in total. The van der Waals surface area contributed by atoms with Gasteiger partial charge in [-0.3, -0.25) is 9.97 Å². The molecule has 0 aliphatic heterocycles. The standard InChI is InChI=1S/C18H10BrF3N4/c19-11-4-6-13-15(8-11)26-17(25-13)14-5-3-10(9-24-14)16-12(18(20,21)22)2-1-7-23-16/h1-9H,(H,25,26). The van der Waals surface area contributed by atoms with Gasteiger partial charge in [0.1, 0.15) is 5.69 Å². The highest BCUT2D eigenvalue weighted by atomic mass is 79.9. The van der Waals surface area contributed by atoms with Gasteiger partial charge >= 0.3 is 6.18 Å². The van der Waals surface area contributed by atoms with Crippen molar-refractivity contribution in [2.24, 2.45) is 0 Å². The van der Waals surface area contributed by atoms with Crippen molar-refractivity contribution in [2.45, 2.75) is 6.18 Å². The predicted molar refractivity (Wildman–Crippen MR) is 95.3 cm³/mol. The van der Waals surface area contributed by atoms with Crippen molar-refractivity contribution in [3.8, 4) is 22.8 Å². The van der Waals surface area contributed by atoms with Crippen molar-refractivity contribution in [3.05, 3.63) is 64.9 Å². The lowest BCUT2D eigenvalue weighted by Crippen LogP contribution is -2.08. The van der Waals surface area contributed by atoms with Crippen molar-refractivity contribution < 1.29 is 13.2 Å². The average molecular weight is 419 g/mol. The zero-order valence-corrected chi connectivity index (χ0v) is 14.6. The van der Waals surface area contributed by atoms with Crippen LogP contribution in [0.5, 0.6) is 0 Å². The first kappa shape index (κ1) is 16.7. The van der Waals surface area contributed by atoms with Crippen LogP contribution < -0.4 is 0 Å². The Morgan fingerprint density at radius 2 is 1.85 bits per heavy atom. The maximum Gasteiger partial charge on any atom is 0.418 e. The van der Waals surface area contributed by atoms with Crippen molar-refractivity contribution in [1.29, 1.82) is 0 Å². The number of aromatic nitrogens is 4. The first-order chi connectivity index (χ1) is 12.4. The highest BCUT2D eigenvalue weighted by molar-refractivity contribution is 9.10. The Morgan fingerprint density at radius 3 is 2.58 bits per heavy atom. The number of halogens is 4. The van der Waals surface area contributed by atoms with Crippen LogP contribution in [0, 0.1) is 0 Å². The summed E-state index contributed by atoms with van der Waals surface area (Å²) in [6.45, 7) is 0. The molecule has 0 bridgehead atoms. The molecule has 26 heavy (non-hydrogen) atoms. The van der Waals surface area contributed by atoms with Gasteiger partial charge in [0.05, 0.1) is 22.3 Å². The Kier molecular flexibility index (Phi) is 3.99. The Morgan fingerprint density at radius 1 is 1.00 bits per heavy atom. The van der Waals surface area contributed by atoms with Crippen LogP contribution in [0.1, 0.15) is 5.56 Å². The first-order valence-corrected chi connectivity index (χ1v) is 8.35. The van der Waals surface area contributed by atoms with E-state index in [9.17, 15) is 13.2 Å². The van der Waals surface area contributed by atoms with Gasteiger partial charge in [0.25, 0.3) is 0 Å². The second-order valence-corrected chi connectivity index (χ2v) is 6.49. The van der Waals surface area contributed by atoms with Crippen LogP contribution in [0.25, 0.3) is 33.8 Å². The molecule has 1 aromatic carbocycles. The summed E-state index contributed by atoms with van der Waals surface area (Å²) in [7, 11) is 0. The number of hydrogen-bond acceptors (Lipinski definition) is 3. The van der Waals surface area contributed by atoms with Crippen molar-refractivity contribution in [3.63, 3.8) is 0 Å². The first-order valence-electron chi connectivity index (χ1n) is 7.56. The van der Waals surface area contributed by atoms with E-state index in [0.717, 1.165) is 21.6 Å². The van der Waals surface area contributed by atoms with Gasteiger partial charge in [-0.2, -0.15) is 13.2 Å². The summed E-state index contributed by atoms with van der Waals surface area (Å²) >= 11 is 3.39. The number of H-pyrrole nitrogens is 1. The molecule has 0 radical (unpaired) electrons. The molecule has 0 unspecified atom stereocenters. The topological polar surface area (TPSA) is 54.5 Å². The molecule has 0 aliphatic carbocycles. The molecule has 0 aliphatic rings.